The molecule has 4 rings (SSSR count). The highest BCUT2D eigenvalue weighted by Crippen LogP contribution is 2.30. The van der Waals surface area contributed by atoms with Gasteiger partial charge in [0.2, 0.25) is 5.91 Å². The summed E-state index contributed by atoms with van der Waals surface area (Å²) in [7, 11) is 1.38. The van der Waals surface area contributed by atoms with E-state index in [-0.39, 0.29) is 11.9 Å². The number of carbonyl (C=O) groups excluding carboxylic acids is 2. The van der Waals surface area contributed by atoms with Crippen LogP contribution in [0, 0.1) is 0 Å². The molecule has 5 nitrogen and oxygen atoms in total. The number of likely N-dealkylation sites (tertiary alicyclic amines) is 2. The van der Waals surface area contributed by atoms with Crippen molar-refractivity contribution in [3.05, 3.63) is 71.3 Å². The molecular weight excluding hydrogens is 388 g/mol. The number of benzene rings is 2. The van der Waals surface area contributed by atoms with Crippen molar-refractivity contribution in [2.24, 2.45) is 0 Å². The predicted octanol–water partition coefficient (Wildman–Crippen LogP) is 4.23. The highest BCUT2D eigenvalue weighted by atomic mass is 16.5. The van der Waals surface area contributed by atoms with Crippen molar-refractivity contribution < 1.29 is 14.3 Å². The summed E-state index contributed by atoms with van der Waals surface area (Å²) in [5.74, 6) is 0.491. The minimum absolute atomic E-state index is 0.233. The lowest BCUT2D eigenvalue weighted by Crippen LogP contribution is -2.42. The zero-order valence-electron chi connectivity index (χ0n) is 18.3. The molecule has 31 heavy (non-hydrogen) atoms. The third-order valence-electron chi connectivity index (χ3n) is 6.77. The number of hydrogen-bond acceptors (Lipinski definition) is 4. The zero-order chi connectivity index (χ0) is 21.6. The van der Waals surface area contributed by atoms with E-state index in [1.54, 1.807) is 12.1 Å². The van der Waals surface area contributed by atoms with Gasteiger partial charge in [-0.25, -0.2) is 4.79 Å². The first-order valence-electron chi connectivity index (χ1n) is 11.4. The second-order valence-electron chi connectivity index (χ2n) is 8.73. The first-order valence-corrected chi connectivity index (χ1v) is 11.4. The smallest absolute Gasteiger partial charge is 0.337 e. The monoisotopic (exact) mass is 420 g/mol. The largest absolute Gasteiger partial charge is 0.465 e. The van der Waals surface area contributed by atoms with Crippen LogP contribution < -0.4 is 0 Å². The Kier molecular flexibility index (Phi) is 7.03. The maximum atomic E-state index is 12.8. The van der Waals surface area contributed by atoms with E-state index >= 15 is 0 Å². The lowest BCUT2D eigenvalue weighted by molar-refractivity contribution is -0.131. The Morgan fingerprint density at radius 3 is 2.52 bits per heavy atom. The number of amides is 1. The van der Waals surface area contributed by atoms with Crippen LogP contribution in [-0.4, -0.2) is 54.5 Å². The molecule has 164 valence electrons. The van der Waals surface area contributed by atoms with Crippen LogP contribution in [0.2, 0.25) is 0 Å². The van der Waals surface area contributed by atoms with Crippen molar-refractivity contribution in [3.8, 4) is 0 Å². The molecule has 2 saturated heterocycles. The van der Waals surface area contributed by atoms with Gasteiger partial charge in [-0.2, -0.15) is 0 Å². The van der Waals surface area contributed by atoms with Crippen LogP contribution in [0.4, 0.5) is 0 Å². The summed E-state index contributed by atoms with van der Waals surface area (Å²) >= 11 is 0. The molecule has 0 radical (unpaired) electrons. The number of piperidine rings is 1. The van der Waals surface area contributed by atoms with E-state index in [4.69, 9.17) is 4.74 Å². The average molecular weight is 421 g/mol. The van der Waals surface area contributed by atoms with Crippen LogP contribution >= 0.6 is 0 Å². The quantitative estimate of drug-likeness (QED) is 0.679. The fraction of sp³-hybridized carbons (Fsp3) is 0.462. The lowest BCUT2D eigenvalue weighted by atomic mass is 9.89. The summed E-state index contributed by atoms with van der Waals surface area (Å²) in [6.45, 7) is 3.61. The molecule has 2 aliphatic rings. The molecular formula is C26H32N2O3. The molecule has 0 aromatic heterocycles. The molecule has 5 heteroatoms. The molecule has 1 amide bonds. The second-order valence-corrected chi connectivity index (χ2v) is 8.73. The Labute approximate surface area is 185 Å². The van der Waals surface area contributed by atoms with Gasteiger partial charge in [0.15, 0.2) is 0 Å². The van der Waals surface area contributed by atoms with Gasteiger partial charge in [0.05, 0.1) is 12.7 Å². The number of esters is 1. The Hall–Kier alpha value is -2.66. The van der Waals surface area contributed by atoms with Crippen LogP contribution in [0.5, 0.6) is 0 Å². The van der Waals surface area contributed by atoms with Crippen molar-refractivity contribution in [1.82, 2.24) is 9.80 Å². The Bertz CT molecular complexity index is 881. The number of nitrogens with zero attached hydrogens (tertiary/aromatic N) is 2. The van der Waals surface area contributed by atoms with Crippen molar-refractivity contribution >= 4 is 11.9 Å². The fourth-order valence-electron chi connectivity index (χ4n) is 4.97. The molecule has 2 aromatic rings. The molecule has 0 N–H and O–H groups in total. The number of methoxy groups -OCH3 is 1. The van der Waals surface area contributed by atoms with Gasteiger partial charge < -0.3 is 9.64 Å². The molecule has 2 fully saturated rings. The van der Waals surface area contributed by atoms with Crippen molar-refractivity contribution in [2.75, 3.05) is 26.7 Å². The van der Waals surface area contributed by atoms with Gasteiger partial charge in [-0.05, 0) is 61.4 Å². The normalized spacial score (nSPS) is 22.7. The third kappa shape index (κ3) is 5.34. The molecule has 2 atom stereocenters. The van der Waals surface area contributed by atoms with E-state index in [0.717, 1.165) is 38.0 Å². The van der Waals surface area contributed by atoms with Gasteiger partial charge in [-0.15, -0.1) is 0 Å². The van der Waals surface area contributed by atoms with Crippen LogP contribution in [0.15, 0.2) is 54.6 Å². The molecule has 2 aliphatic heterocycles. The van der Waals surface area contributed by atoms with Gasteiger partial charge in [0.25, 0.3) is 0 Å². The molecule has 0 spiro atoms. The second kappa shape index (κ2) is 10.1. The average Bonchev–Trinajstić information content (AvgIpc) is 3.01. The SMILES string of the molecule is COC(=O)c1ccc(CN2CCC(N3CCCC(c4ccccc4)C3)CCC2=O)cc1. The van der Waals surface area contributed by atoms with Crippen LogP contribution in [0.1, 0.15) is 59.5 Å². The summed E-state index contributed by atoms with van der Waals surface area (Å²) < 4.78 is 4.76. The number of rotatable bonds is 5. The highest BCUT2D eigenvalue weighted by molar-refractivity contribution is 5.89. The third-order valence-corrected chi connectivity index (χ3v) is 6.77. The molecule has 2 unspecified atom stereocenters. The van der Waals surface area contributed by atoms with Gasteiger partial charge in [-0.1, -0.05) is 42.5 Å². The standard InChI is InChI=1S/C26H32N2O3/c1-31-26(30)22-11-9-20(10-12-22)18-28-17-15-24(13-14-25(28)29)27-16-5-8-23(19-27)21-6-3-2-4-7-21/h2-4,6-7,9-12,23-24H,5,8,13-19H2,1H3. The first kappa shape index (κ1) is 21.6. The molecule has 2 heterocycles. The number of ether oxygens (including phenoxy) is 1. The van der Waals surface area contributed by atoms with Crippen molar-refractivity contribution in [3.63, 3.8) is 0 Å². The molecule has 0 bridgehead atoms. The summed E-state index contributed by atoms with van der Waals surface area (Å²) in [5, 5.41) is 0. The van der Waals surface area contributed by atoms with E-state index in [1.165, 1.54) is 25.5 Å². The van der Waals surface area contributed by atoms with E-state index in [2.05, 4.69) is 35.2 Å². The summed E-state index contributed by atoms with van der Waals surface area (Å²) in [6.07, 6.45) is 5.04. The van der Waals surface area contributed by atoms with Crippen LogP contribution in [0.25, 0.3) is 0 Å². The number of carbonyl (C=O) groups is 2. The van der Waals surface area contributed by atoms with Gasteiger partial charge in [0, 0.05) is 32.1 Å². The fourth-order valence-corrected chi connectivity index (χ4v) is 4.97. The first-order chi connectivity index (χ1) is 15.1. The minimum Gasteiger partial charge on any atom is -0.465 e. The maximum Gasteiger partial charge on any atom is 0.337 e. The number of hydrogen-bond donors (Lipinski definition) is 0. The summed E-state index contributed by atoms with van der Waals surface area (Å²) in [4.78, 5) is 29.0. The van der Waals surface area contributed by atoms with E-state index < -0.39 is 0 Å². The molecule has 0 saturated carbocycles. The van der Waals surface area contributed by atoms with Crippen LogP contribution in [-0.2, 0) is 16.1 Å². The van der Waals surface area contributed by atoms with E-state index in [9.17, 15) is 9.59 Å². The summed E-state index contributed by atoms with van der Waals surface area (Å²) in [6, 6.07) is 18.7. The minimum atomic E-state index is -0.337. The predicted molar refractivity (Wildman–Crippen MR) is 121 cm³/mol. The molecule has 2 aromatic carbocycles. The maximum absolute atomic E-state index is 12.8. The Morgan fingerprint density at radius 2 is 1.77 bits per heavy atom. The van der Waals surface area contributed by atoms with E-state index in [0.29, 0.717) is 30.5 Å². The summed E-state index contributed by atoms with van der Waals surface area (Å²) in [5.41, 5.74) is 3.02. The van der Waals surface area contributed by atoms with Gasteiger partial charge in [-0.3, -0.25) is 9.69 Å². The van der Waals surface area contributed by atoms with Crippen molar-refractivity contribution in [2.45, 2.75) is 50.6 Å². The zero-order valence-corrected chi connectivity index (χ0v) is 18.3. The highest BCUT2D eigenvalue weighted by Gasteiger charge is 2.30. The van der Waals surface area contributed by atoms with Gasteiger partial charge in [0.1, 0.15) is 0 Å². The lowest BCUT2D eigenvalue weighted by Gasteiger charge is -2.38. The Balaban J connectivity index is 1.35. The molecule has 0 aliphatic carbocycles. The van der Waals surface area contributed by atoms with Gasteiger partial charge >= 0.3 is 5.97 Å². The van der Waals surface area contributed by atoms with E-state index in [1.807, 2.05) is 17.0 Å². The Morgan fingerprint density at radius 1 is 1.00 bits per heavy atom. The topological polar surface area (TPSA) is 49.9 Å². The van der Waals surface area contributed by atoms with Crippen molar-refractivity contribution in [1.29, 1.82) is 0 Å². The van der Waals surface area contributed by atoms with Crippen LogP contribution in [0.3, 0.4) is 0 Å².